The standard InChI is InChI=1S/C11H11NO4/c1-7(14)12-10-2-9-5-15-6-16-11(9)3-8(10)4-13/h2-4H,5-6H2,1H3,(H,12,14). The van der Waals surface area contributed by atoms with E-state index in [1.165, 1.54) is 6.92 Å². The number of benzene rings is 1. The van der Waals surface area contributed by atoms with Crippen molar-refractivity contribution in [2.45, 2.75) is 13.5 Å². The van der Waals surface area contributed by atoms with Crippen molar-refractivity contribution >= 4 is 17.9 Å². The highest BCUT2D eigenvalue weighted by Gasteiger charge is 2.15. The van der Waals surface area contributed by atoms with Crippen LogP contribution in [0.25, 0.3) is 0 Å². The zero-order valence-electron chi connectivity index (χ0n) is 8.78. The lowest BCUT2D eigenvalue weighted by molar-refractivity contribution is -0.114. The van der Waals surface area contributed by atoms with Crippen LogP contribution in [0, 0.1) is 0 Å². The van der Waals surface area contributed by atoms with Crippen molar-refractivity contribution in [3.63, 3.8) is 0 Å². The highest BCUT2D eigenvalue weighted by atomic mass is 16.7. The van der Waals surface area contributed by atoms with Crippen molar-refractivity contribution in [2.75, 3.05) is 12.1 Å². The minimum absolute atomic E-state index is 0.185. The Hall–Kier alpha value is -1.88. The second-order valence-electron chi connectivity index (χ2n) is 3.46. The normalized spacial score (nSPS) is 13.6. The van der Waals surface area contributed by atoms with Crippen LogP contribution >= 0.6 is 0 Å². The van der Waals surface area contributed by atoms with Crippen LogP contribution in [0.2, 0.25) is 0 Å². The van der Waals surface area contributed by atoms with E-state index in [4.69, 9.17) is 9.47 Å². The summed E-state index contributed by atoms with van der Waals surface area (Å²) in [6, 6.07) is 3.30. The zero-order valence-corrected chi connectivity index (χ0v) is 8.78. The van der Waals surface area contributed by atoms with E-state index in [1.54, 1.807) is 12.1 Å². The number of amides is 1. The molecule has 84 valence electrons. The van der Waals surface area contributed by atoms with E-state index in [0.717, 1.165) is 5.56 Å². The maximum absolute atomic E-state index is 11.0. The first-order chi connectivity index (χ1) is 7.70. The first-order valence-corrected chi connectivity index (χ1v) is 4.81. The molecular weight excluding hydrogens is 210 g/mol. The van der Waals surface area contributed by atoms with Gasteiger partial charge in [0.2, 0.25) is 5.91 Å². The molecule has 0 radical (unpaired) electrons. The molecule has 1 amide bonds. The summed E-state index contributed by atoms with van der Waals surface area (Å²) in [6.07, 6.45) is 0.685. The predicted molar refractivity (Wildman–Crippen MR) is 56.4 cm³/mol. The highest BCUT2D eigenvalue weighted by molar-refractivity contribution is 5.95. The average molecular weight is 221 g/mol. The third-order valence-corrected chi connectivity index (χ3v) is 2.23. The fourth-order valence-electron chi connectivity index (χ4n) is 1.54. The molecule has 1 heterocycles. The second kappa shape index (κ2) is 4.32. The summed E-state index contributed by atoms with van der Waals surface area (Å²) >= 11 is 0. The van der Waals surface area contributed by atoms with Gasteiger partial charge >= 0.3 is 0 Å². The zero-order chi connectivity index (χ0) is 11.5. The van der Waals surface area contributed by atoms with Crippen molar-refractivity contribution in [3.05, 3.63) is 23.3 Å². The molecule has 1 aliphatic rings. The monoisotopic (exact) mass is 221 g/mol. The fraction of sp³-hybridized carbons (Fsp3) is 0.273. The summed E-state index contributed by atoms with van der Waals surface area (Å²) in [4.78, 5) is 21.8. The van der Waals surface area contributed by atoms with Gasteiger partial charge in [-0.1, -0.05) is 0 Å². The van der Waals surface area contributed by atoms with Crippen LogP contribution in [-0.4, -0.2) is 19.0 Å². The van der Waals surface area contributed by atoms with Crippen LogP contribution < -0.4 is 10.1 Å². The largest absolute Gasteiger partial charge is 0.467 e. The molecule has 0 spiro atoms. The number of nitrogens with one attached hydrogen (secondary N) is 1. The topological polar surface area (TPSA) is 64.6 Å². The van der Waals surface area contributed by atoms with E-state index in [2.05, 4.69) is 5.32 Å². The number of carbonyl (C=O) groups is 2. The smallest absolute Gasteiger partial charge is 0.221 e. The average Bonchev–Trinajstić information content (AvgIpc) is 2.27. The van der Waals surface area contributed by atoms with Gasteiger partial charge in [-0.15, -0.1) is 0 Å². The van der Waals surface area contributed by atoms with E-state index in [0.29, 0.717) is 29.9 Å². The van der Waals surface area contributed by atoms with Crippen LogP contribution in [0.1, 0.15) is 22.8 Å². The molecule has 0 unspecified atom stereocenters. The molecule has 0 bridgehead atoms. The number of aldehydes is 1. The number of hydrogen-bond acceptors (Lipinski definition) is 4. The first kappa shape index (κ1) is 10.6. The van der Waals surface area contributed by atoms with Crippen molar-refractivity contribution in [1.82, 2.24) is 0 Å². The first-order valence-electron chi connectivity index (χ1n) is 4.81. The molecule has 0 aliphatic carbocycles. The lowest BCUT2D eigenvalue weighted by atomic mass is 10.1. The molecule has 1 aliphatic heterocycles. The van der Waals surface area contributed by atoms with Gasteiger partial charge in [0, 0.05) is 18.1 Å². The molecule has 0 saturated heterocycles. The van der Waals surface area contributed by atoms with Gasteiger partial charge in [-0.05, 0) is 12.1 Å². The molecule has 0 aromatic heterocycles. The van der Waals surface area contributed by atoms with E-state index in [1.807, 2.05) is 0 Å². The SMILES string of the molecule is CC(=O)Nc1cc2c(cc1C=O)OCOC2. The minimum Gasteiger partial charge on any atom is -0.467 e. The van der Waals surface area contributed by atoms with Crippen molar-refractivity contribution in [3.8, 4) is 5.75 Å². The van der Waals surface area contributed by atoms with Gasteiger partial charge < -0.3 is 14.8 Å². The summed E-state index contributed by atoms with van der Waals surface area (Å²) in [7, 11) is 0. The highest BCUT2D eigenvalue weighted by Crippen LogP contribution is 2.29. The van der Waals surface area contributed by atoms with Gasteiger partial charge in [0.25, 0.3) is 0 Å². The molecular formula is C11H11NO4. The molecule has 0 fully saturated rings. The van der Waals surface area contributed by atoms with Crippen molar-refractivity contribution in [1.29, 1.82) is 0 Å². The summed E-state index contributed by atoms with van der Waals surface area (Å²) in [6.45, 7) is 1.99. The summed E-state index contributed by atoms with van der Waals surface area (Å²) in [5.74, 6) is 0.406. The van der Waals surface area contributed by atoms with Gasteiger partial charge in [0.1, 0.15) is 5.75 Å². The Labute approximate surface area is 92.4 Å². The minimum atomic E-state index is -0.222. The van der Waals surface area contributed by atoms with Crippen LogP contribution in [0.5, 0.6) is 5.75 Å². The van der Waals surface area contributed by atoms with Gasteiger partial charge in [0.05, 0.1) is 12.3 Å². The molecule has 0 atom stereocenters. The quantitative estimate of drug-likeness (QED) is 0.765. The molecule has 16 heavy (non-hydrogen) atoms. The lowest BCUT2D eigenvalue weighted by Crippen LogP contribution is -2.14. The number of anilines is 1. The van der Waals surface area contributed by atoms with Crippen LogP contribution in [0.4, 0.5) is 5.69 Å². The van der Waals surface area contributed by atoms with Crippen LogP contribution in [0.3, 0.4) is 0 Å². The van der Waals surface area contributed by atoms with Gasteiger partial charge in [-0.3, -0.25) is 9.59 Å². The third-order valence-electron chi connectivity index (χ3n) is 2.23. The van der Waals surface area contributed by atoms with E-state index in [-0.39, 0.29) is 12.7 Å². The number of ether oxygens (including phenoxy) is 2. The number of carbonyl (C=O) groups excluding carboxylic acids is 2. The number of rotatable bonds is 2. The van der Waals surface area contributed by atoms with E-state index in [9.17, 15) is 9.59 Å². The molecule has 1 aromatic rings. The maximum Gasteiger partial charge on any atom is 0.221 e. The second-order valence-corrected chi connectivity index (χ2v) is 3.46. The Kier molecular flexibility index (Phi) is 2.87. The summed E-state index contributed by atoms with van der Waals surface area (Å²) in [5, 5.41) is 2.59. The van der Waals surface area contributed by atoms with Gasteiger partial charge in [-0.25, -0.2) is 0 Å². The number of fused-ring (bicyclic) bond motifs is 1. The Morgan fingerprint density at radius 2 is 2.31 bits per heavy atom. The van der Waals surface area contributed by atoms with Gasteiger partial charge in [-0.2, -0.15) is 0 Å². The van der Waals surface area contributed by atoms with Crippen molar-refractivity contribution < 1.29 is 19.1 Å². The summed E-state index contributed by atoms with van der Waals surface area (Å²) in [5.41, 5.74) is 1.70. The summed E-state index contributed by atoms with van der Waals surface area (Å²) < 4.78 is 10.3. The Bertz CT molecular complexity index is 442. The molecule has 0 saturated carbocycles. The van der Waals surface area contributed by atoms with Crippen LogP contribution in [0.15, 0.2) is 12.1 Å². The molecule has 1 N–H and O–H groups in total. The third kappa shape index (κ3) is 2.04. The van der Waals surface area contributed by atoms with E-state index < -0.39 is 0 Å². The maximum atomic E-state index is 11.0. The molecule has 5 nitrogen and oxygen atoms in total. The van der Waals surface area contributed by atoms with E-state index >= 15 is 0 Å². The molecule has 5 heteroatoms. The Balaban J connectivity index is 2.42. The van der Waals surface area contributed by atoms with Crippen molar-refractivity contribution in [2.24, 2.45) is 0 Å². The Morgan fingerprint density at radius 3 is 3.00 bits per heavy atom. The van der Waals surface area contributed by atoms with Crippen LogP contribution in [-0.2, 0) is 16.1 Å². The molecule has 2 rings (SSSR count). The molecule has 1 aromatic carbocycles. The lowest BCUT2D eigenvalue weighted by Gasteiger charge is -2.19. The fourth-order valence-corrected chi connectivity index (χ4v) is 1.54. The number of hydrogen-bond donors (Lipinski definition) is 1. The predicted octanol–water partition coefficient (Wildman–Crippen LogP) is 1.32. The Morgan fingerprint density at radius 1 is 1.50 bits per heavy atom. The van der Waals surface area contributed by atoms with Gasteiger partial charge in [0.15, 0.2) is 13.1 Å².